The number of nitrogens with zero attached hydrogens (tertiary/aromatic N) is 1. The van der Waals surface area contributed by atoms with E-state index < -0.39 is 8.80 Å². The average molecular weight is 191 g/mol. The topological polar surface area (TPSA) is 57.1 Å². The number of carbonyl (C=O) groups excluding carboxylic acids is 1. The van der Waals surface area contributed by atoms with E-state index in [1.807, 2.05) is 0 Å². The van der Waals surface area contributed by atoms with Gasteiger partial charge in [0.25, 0.3) is 0 Å². The Bertz CT molecular complexity index is 165. The highest BCUT2D eigenvalue weighted by molar-refractivity contribution is 6.59. The summed E-state index contributed by atoms with van der Waals surface area (Å²) >= 11 is 0. The van der Waals surface area contributed by atoms with Gasteiger partial charge in [-0.05, 0) is 0 Å². The van der Waals surface area contributed by atoms with Crippen molar-refractivity contribution in [2.75, 3.05) is 27.4 Å². The smallest absolute Gasteiger partial charge is 0.377 e. The fourth-order valence-corrected chi connectivity index (χ4v) is 1.39. The Labute approximate surface area is 72.7 Å². The van der Waals surface area contributed by atoms with Crippen LogP contribution in [0.4, 0.5) is 0 Å². The first kappa shape index (κ1) is 11.5. The lowest BCUT2D eigenvalue weighted by Gasteiger charge is -2.21. The summed E-state index contributed by atoms with van der Waals surface area (Å²) < 4.78 is 15.3. The second kappa shape index (κ2) is 6.04. The molecule has 0 aromatic carbocycles. The van der Waals surface area contributed by atoms with Gasteiger partial charge in [0.1, 0.15) is 0 Å². The summed E-state index contributed by atoms with van der Waals surface area (Å²) in [6.45, 7) is 2.37. The Morgan fingerprint density at radius 2 is 2.00 bits per heavy atom. The van der Waals surface area contributed by atoms with E-state index in [-0.39, 0.29) is 0 Å². The summed E-state index contributed by atoms with van der Waals surface area (Å²) in [7, 11) is 0.616. The van der Waals surface area contributed by atoms with Crippen LogP contribution in [0.5, 0.6) is 0 Å². The third-order valence-electron chi connectivity index (χ3n) is 1.37. The summed E-state index contributed by atoms with van der Waals surface area (Å²) in [6, 6.07) is 0. The first-order valence-electron chi connectivity index (χ1n) is 3.46. The van der Waals surface area contributed by atoms with Gasteiger partial charge in [-0.15, -0.1) is 0 Å². The van der Waals surface area contributed by atoms with Gasteiger partial charge in [-0.2, -0.15) is 0 Å². The SMILES string of the molecule is CO[Si](C)(OC)OCCN=C=O. The van der Waals surface area contributed by atoms with Crippen LogP contribution in [0, 0.1) is 0 Å². The van der Waals surface area contributed by atoms with Crippen molar-refractivity contribution in [3.05, 3.63) is 0 Å². The van der Waals surface area contributed by atoms with Crippen molar-refractivity contribution in [3.8, 4) is 0 Å². The molecule has 0 aliphatic rings. The molecule has 0 unspecified atom stereocenters. The Kier molecular flexibility index (Phi) is 5.78. The molecule has 0 aromatic rings. The maximum Gasteiger partial charge on any atom is 0.497 e. The van der Waals surface area contributed by atoms with Crippen molar-refractivity contribution in [2.45, 2.75) is 6.55 Å². The maximum absolute atomic E-state index is 9.67. The van der Waals surface area contributed by atoms with Crippen LogP contribution in [-0.4, -0.2) is 42.3 Å². The second-order valence-electron chi connectivity index (χ2n) is 2.09. The quantitative estimate of drug-likeness (QED) is 0.260. The van der Waals surface area contributed by atoms with Gasteiger partial charge in [0.15, 0.2) is 0 Å². The number of rotatable bonds is 6. The summed E-state index contributed by atoms with van der Waals surface area (Å²) in [4.78, 5) is 13.0. The van der Waals surface area contributed by atoms with Crippen LogP contribution in [0.25, 0.3) is 0 Å². The number of aliphatic imine (C=N–C) groups is 1. The molecule has 70 valence electrons. The minimum absolute atomic E-state index is 0.290. The van der Waals surface area contributed by atoms with E-state index >= 15 is 0 Å². The Morgan fingerprint density at radius 3 is 2.42 bits per heavy atom. The number of hydrogen-bond acceptors (Lipinski definition) is 5. The zero-order valence-corrected chi connectivity index (χ0v) is 8.49. The van der Waals surface area contributed by atoms with Crippen molar-refractivity contribution in [2.24, 2.45) is 4.99 Å². The van der Waals surface area contributed by atoms with Gasteiger partial charge in [0.2, 0.25) is 6.08 Å². The molecular weight excluding hydrogens is 178 g/mol. The van der Waals surface area contributed by atoms with Crippen LogP contribution in [0.1, 0.15) is 0 Å². The summed E-state index contributed by atoms with van der Waals surface area (Å²) in [5, 5.41) is 0. The van der Waals surface area contributed by atoms with Crippen LogP contribution in [0.3, 0.4) is 0 Å². The molecule has 0 fully saturated rings. The molecule has 0 spiro atoms. The third kappa shape index (κ3) is 4.37. The lowest BCUT2D eigenvalue weighted by molar-refractivity contribution is 0.109. The first-order valence-corrected chi connectivity index (χ1v) is 5.69. The van der Waals surface area contributed by atoms with E-state index in [4.69, 9.17) is 13.3 Å². The molecule has 12 heavy (non-hydrogen) atoms. The molecule has 0 aliphatic heterocycles. The molecule has 0 radical (unpaired) electrons. The molecule has 0 saturated heterocycles. The fourth-order valence-electron chi connectivity index (χ4n) is 0.524. The molecule has 5 nitrogen and oxygen atoms in total. The van der Waals surface area contributed by atoms with Crippen molar-refractivity contribution in [3.63, 3.8) is 0 Å². The molecule has 0 heterocycles. The van der Waals surface area contributed by atoms with Gasteiger partial charge in [-0.3, -0.25) is 0 Å². The van der Waals surface area contributed by atoms with Crippen molar-refractivity contribution in [1.82, 2.24) is 0 Å². The lowest BCUT2D eigenvalue weighted by atomic mass is 10.7. The molecule has 0 bridgehead atoms. The fraction of sp³-hybridized carbons (Fsp3) is 0.833. The van der Waals surface area contributed by atoms with Crippen molar-refractivity contribution >= 4 is 14.9 Å². The minimum atomic E-state index is -2.44. The molecule has 0 aliphatic carbocycles. The monoisotopic (exact) mass is 191 g/mol. The van der Waals surface area contributed by atoms with Gasteiger partial charge in [-0.1, -0.05) is 0 Å². The largest absolute Gasteiger partial charge is 0.497 e. The summed E-state index contributed by atoms with van der Waals surface area (Å²) in [6.07, 6.45) is 1.42. The standard InChI is InChI=1S/C6H13NO4Si/c1-9-12(3,10-2)11-5-4-7-6-8/h4-5H2,1-3H3. The van der Waals surface area contributed by atoms with Gasteiger partial charge in [0, 0.05) is 20.8 Å². The molecular formula is C6H13NO4Si. The van der Waals surface area contributed by atoms with Gasteiger partial charge < -0.3 is 13.3 Å². The first-order chi connectivity index (χ1) is 5.68. The van der Waals surface area contributed by atoms with E-state index in [1.165, 1.54) is 20.3 Å². The van der Waals surface area contributed by atoms with E-state index in [0.29, 0.717) is 13.2 Å². The van der Waals surface area contributed by atoms with Crippen molar-refractivity contribution in [1.29, 1.82) is 0 Å². The molecule has 0 aromatic heterocycles. The third-order valence-corrected chi connectivity index (χ3v) is 3.59. The molecule has 6 heteroatoms. The predicted octanol–water partition coefficient (Wildman–Crippen LogP) is 0.200. The Balaban J connectivity index is 3.65. The van der Waals surface area contributed by atoms with E-state index in [9.17, 15) is 4.79 Å². The molecule has 0 saturated carbocycles. The van der Waals surface area contributed by atoms with Gasteiger partial charge in [-0.25, -0.2) is 9.79 Å². The predicted molar refractivity (Wildman–Crippen MR) is 44.6 cm³/mol. The van der Waals surface area contributed by atoms with E-state index in [2.05, 4.69) is 4.99 Å². The van der Waals surface area contributed by atoms with Gasteiger partial charge >= 0.3 is 8.80 Å². The summed E-state index contributed by atoms with van der Waals surface area (Å²) in [5.41, 5.74) is 0. The van der Waals surface area contributed by atoms with E-state index in [1.54, 1.807) is 6.55 Å². The van der Waals surface area contributed by atoms with Crippen LogP contribution < -0.4 is 0 Å². The molecule has 0 amide bonds. The highest BCUT2D eigenvalue weighted by atomic mass is 28.4. The van der Waals surface area contributed by atoms with Crippen LogP contribution >= 0.6 is 0 Å². The van der Waals surface area contributed by atoms with Crippen LogP contribution in [-0.2, 0) is 18.1 Å². The molecule has 0 atom stereocenters. The number of isocyanates is 1. The van der Waals surface area contributed by atoms with Crippen molar-refractivity contribution < 1.29 is 18.1 Å². The lowest BCUT2D eigenvalue weighted by Crippen LogP contribution is -2.40. The summed E-state index contributed by atoms with van der Waals surface area (Å²) in [5.74, 6) is 0. The Hall–Kier alpha value is -0.523. The minimum Gasteiger partial charge on any atom is -0.377 e. The normalized spacial score (nSPS) is 10.9. The zero-order chi connectivity index (χ0) is 9.45. The average Bonchev–Trinajstić information content (AvgIpc) is 2.12. The maximum atomic E-state index is 9.67. The zero-order valence-electron chi connectivity index (χ0n) is 7.49. The second-order valence-corrected chi connectivity index (χ2v) is 4.92. The highest BCUT2D eigenvalue weighted by Gasteiger charge is 2.31. The highest BCUT2D eigenvalue weighted by Crippen LogP contribution is 2.04. The van der Waals surface area contributed by atoms with Gasteiger partial charge in [0.05, 0.1) is 13.2 Å². The number of hydrogen-bond donors (Lipinski definition) is 0. The molecule has 0 N–H and O–H groups in total. The van der Waals surface area contributed by atoms with Crippen LogP contribution in [0.15, 0.2) is 4.99 Å². The van der Waals surface area contributed by atoms with Crippen LogP contribution in [0.2, 0.25) is 6.55 Å². The Morgan fingerprint density at radius 1 is 1.42 bits per heavy atom. The molecule has 0 rings (SSSR count). The van der Waals surface area contributed by atoms with E-state index in [0.717, 1.165) is 0 Å².